The van der Waals surface area contributed by atoms with Gasteiger partial charge < -0.3 is 0 Å². The van der Waals surface area contributed by atoms with E-state index in [9.17, 15) is 20.2 Å². The number of nitrogens with zero attached hydrogens (tertiary/aromatic N) is 3. The van der Waals surface area contributed by atoms with Crippen molar-refractivity contribution >= 4 is 0 Å². The molecule has 1 rings (SSSR count). The Morgan fingerprint density at radius 2 is 1.46 bits per heavy atom. The van der Waals surface area contributed by atoms with Crippen LogP contribution in [0.2, 0.25) is 0 Å². The molecular formula is C6H11N3O4. The summed E-state index contributed by atoms with van der Waals surface area (Å²) in [6.45, 7) is 0. The summed E-state index contributed by atoms with van der Waals surface area (Å²) < 4.78 is 0. The normalized spacial score (nSPS) is 18.2. The van der Waals surface area contributed by atoms with Crippen molar-refractivity contribution in [3.63, 3.8) is 0 Å². The van der Waals surface area contributed by atoms with Gasteiger partial charge in [-0.05, 0) is 12.8 Å². The van der Waals surface area contributed by atoms with E-state index < -0.39 is 16.1 Å². The van der Waals surface area contributed by atoms with Crippen LogP contribution in [0.3, 0.4) is 0 Å². The molecule has 0 amide bonds. The molecule has 0 heterocycles. The molecular weight excluding hydrogens is 178 g/mol. The van der Waals surface area contributed by atoms with Gasteiger partial charge >= 0.3 is 0 Å². The van der Waals surface area contributed by atoms with Crippen molar-refractivity contribution in [2.24, 2.45) is 0 Å². The third-order valence-electron chi connectivity index (χ3n) is 2.24. The van der Waals surface area contributed by atoms with Gasteiger partial charge in [0.05, 0.1) is 0 Å². The second-order valence-electron chi connectivity index (χ2n) is 3.09. The highest BCUT2D eigenvalue weighted by Crippen LogP contribution is 2.22. The van der Waals surface area contributed by atoms with E-state index in [1.54, 1.807) is 0 Å². The van der Waals surface area contributed by atoms with Crippen molar-refractivity contribution in [3.05, 3.63) is 20.2 Å². The lowest BCUT2D eigenvalue weighted by molar-refractivity contribution is -0.915. The fourth-order valence-electron chi connectivity index (χ4n) is 1.64. The quantitative estimate of drug-likeness (QED) is 0.488. The molecule has 0 N–H and O–H groups in total. The van der Waals surface area contributed by atoms with E-state index in [0.29, 0.717) is 12.8 Å². The molecule has 74 valence electrons. The van der Waals surface area contributed by atoms with Crippen LogP contribution in [0.5, 0.6) is 0 Å². The molecule has 0 aromatic rings. The summed E-state index contributed by atoms with van der Waals surface area (Å²) in [5, 5.41) is 18.9. The number of rotatable bonds is 3. The highest BCUT2D eigenvalue weighted by Gasteiger charge is 2.38. The van der Waals surface area contributed by atoms with Gasteiger partial charge in [-0.1, -0.05) is 19.3 Å². The zero-order chi connectivity index (χ0) is 9.84. The number of hydrogen-bond donors (Lipinski definition) is 0. The smallest absolute Gasteiger partial charge is 0.223 e. The Labute approximate surface area is 74.6 Å². The van der Waals surface area contributed by atoms with Gasteiger partial charge in [0.1, 0.15) is 0 Å². The monoisotopic (exact) mass is 189 g/mol. The minimum atomic E-state index is -0.935. The molecule has 7 nitrogen and oxygen atoms in total. The number of hydrogen-bond acceptors (Lipinski definition) is 4. The average molecular weight is 189 g/mol. The molecule has 1 saturated carbocycles. The molecule has 0 saturated heterocycles. The van der Waals surface area contributed by atoms with Crippen LogP contribution in [0.4, 0.5) is 0 Å². The van der Waals surface area contributed by atoms with Crippen LogP contribution < -0.4 is 0 Å². The molecule has 0 aromatic heterocycles. The Kier molecular flexibility index (Phi) is 2.99. The summed E-state index contributed by atoms with van der Waals surface area (Å²) in [4.78, 5) is 20.7. The predicted octanol–water partition coefficient (Wildman–Crippen LogP) is 1.00. The minimum absolute atomic E-state index is 0.138. The Balaban J connectivity index is 2.62. The topological polar surface area (TPSA) is 89.5 Å². The van der Waals surface area contributed by atoms with E-state index in [4.69, 9.17) is 0 Å². The lowest BCUT2D eigenvalue weighted by Crippen LogP contribution is -2.44. The summed E-state index contributed by atoms with van der Waals surface area (Å²) >= 11 is 0. The molecule has 1 aliphatic carbocycles. The summed E-state index contributed by atoms with van der Waals surface area (Å²) in [5.74, 6) is 0. The highest BCUT2D eigenvalue weighted by molar-refractivity contribution is 4.67. The summed E-state index contributed by atoms with van der Waals surface area (Å²) in [6, 6.07) is -0.529. The van der Waals surface area contributed by atoms with Crippen LogP contribution in [0.25, 0.3) is 0 Å². The van der Waals surface area contributed by atoms with Gasteiger partial charge in [0.25, 0.3) is 0 Å². The zero-order valence-corrected chi connectivity index (χ0v) is 7.09. The van der Waals surface area contributed by atoms with Gasteiger partial charge in [0.2, 0.25) is 10.1 Å². The maximum Gasteiger partial charge on any atom is 0.223 e. The average Bonchev–Trinajstić information content (AvgIpc) is 2.04. The fraction of sp³-hybridized carbons (Fsp3) is 1.00. The second kappa shape index (κ2) is 4.01. The van der Waals surface area contributed by atoms with Crippen LogP contribution in [0, 0.1) is 20.2 Å². The van der Waals surface area contributed by atoms with Crippen molar-refractivity contribution in [3.8, 4) is 0 Å². The molecule has 0 spiro atoms. The largest absolute Gasteiger partial charge is 0.230 e. The standard InChI is InChI=1S/C6H11N3O4/c10-8(11)7(9(12)13)6-4-2-1-3-5-6/h6H,1-5H2. The van der Waals surface area contributed by atoms with Gasteiger partial charge in [-0.2, -0.15) is 0 Å². The second-order valence-corrected chi connectivity index (χ2v) is 3.09. The zero-order valence-electron chi connectivity index (χ0n) is 7.09. The van der Waals surface area contributed by atoms with Gasteiger partial charge in [-0.25, -0.2) is 20.2 Å². The molecule has 0 aliphatic heterocycles. The van der Waals surface area contributed by atoms with Crippen molar-refractivity contribution in [1.82, 2.24) is 5.12 Å². The van der Waals surface area contributed by atoms with Crippen LogP contribution in [0.15, 0.2) is 0 Å². The van der Waals surface area contributed by atoms with E-state index in [2.05, 4.69) is 0 Å². The molecule has 13 heavy (non-hydrogen) atoms. The predicted molar refractivity (Wildman–Crippen MR) is 42.7 cm³/mol. The molecule has 0 bridgehead atoms. The first-order valence-electron chi connectivity index (χ1n) is 4.20. The summed E-state index contributed by atoms with van der Waals surface area (Å²) in [6.07, 6.45) is 3.77. The third-order valence-corrected chi connectivity index (χ3v) is 2.24. The van der Waals surface area contributed by atoms with Crippen molar-refractivity contribution in [2.45, 2.75) is 38.1 Å². The number of hydrazine groups is 2. The van der Waals surface area contributed by atoms with Crippen LogP contribution in [-0.2, 0) is 0 Å². The van der Waals surface area contributed by atoms with E-state index in [-0.39, 0.29) is 5.12 Å². The van der Waals surface area contributed by atoms with E-state index in [1.807, 2.05) is 0 Å². The molecule has 0 unspecified atom stereocenters. The first kappa shape index (κ1) is 9.69. The minimum Gasteiger partial charge on any atom is -0.230 e. The van der Waals surface area contributed by atoms with Gasteiger partial charge in [-0.3, -0.25) is 0 Å². The maximum atomic E-state index is 10.3. The lowest BCUT2D eigenvalue weighted by Gasteiger charge is -2.19. The molecule has 0 radical (unpaired) electrons. The van der Waals surface area contributed by atoms with Gasteiger partial charge in [0, 0.05) is 0 Å². The van der Waals surface area contributed by atoms with Gasteiger partial charge in [0.15, 0.2) is 11.2 Å². The van der Waals surface area contributed by atoms with Crippen LogP contribution in [0.1, 0.15) is 32.1 Å². The lowest BCUT2D eigenvalue weighted by atomic mass is 9.96. The first-order chi connectivity index (χ1) is 6.13. The number of nitro groups is 2. The highest BCUT2D eigenvalue weighted by atomic mass is 16.8. The van der Waals surface area contributed by atoms with Crippen molar-refractivity contribution in [2.75, 3.05) is 0 Å². The van der Waals surface area contributed by atoms with Crippen LogP contribution in [-0.4, -0.2) is 21.2 Å². The Morgan fingerprint density at radius 3 is 1.85 bits per heavy atom. The SMILES string of the molecule is O=[N+]([O-])N(C1CCCCC1)[N+](=O)[O-]. The van der Waals surface area contributed by atoms with Crippen LogP contribution >= 0.6 is 0 Å². The van der Waals surface area contributed by atoms with E-state index in [0.717, 1.165) is 19.3 Å². The van der Waals surface area contributed by atoms with E-state index >= 15 is 0 Å². The third kappa shape index (κ3) is 2.27. The molecule has 7 heteroatoms. The first-order valence-corrected chi connectivity index (χ1v) is 4.20. The van der Waals surface area contributed by atoms with Crippen molar-refractivity contribution in [1.29, 1.82) is 0 Å². The fourth-order valence-corrected chi connectivity index (χ4v) is 1.64. The summed E-state index contributed by atoms with van der Waals surface area (Å²) in [5.41, 5.74) is 0. The van der Waals surface area contributed by atoms with Gasteiger partial charge in [-0.15, -0.1) is 0 Å². The maximum absolute atomic E-state index is 10.3. The van der Waals surface area contributed by atoms with Crippen molar-refractivity contribution < 1.29 is 10.1 Å². The Morgan fingerprint density at radius 1 is 1.00 bits per heavy atom. The molecule has 1 aliphatic rings. The summed E-state index contributed by atoms with van der Waals surface area (Å²) in [7, 11) is 0. The Bertz CT molecular complexity index is 200. The molecule has 0 atom stereocenters. The Hall–Kier alpha value is -1.40. The molecule has 1 fully saturated rings. The van der Waals surface area contributed by atoms with E-state index in [1.165, 1.54) is 0 Å². The molecule has 0 aromatic carbocycles.